The SMILES string of the molecule is CCCNC(CCc1ccncc1)c1ccc(F)c(F)c1. The Hall–Kier alpha value is -1.81. The van der Waals surface area contributed by atoms with Gasteiger partial charge in [0.2, 0.25) is 0 Å². The topological polar surface area (TPSA) is 24.9 Å². The molecule has 1 N–H and O–H groups in total. The molecule has 0 bridgehead atoms. The Morgan fingerprint density at radius 2 is 1.86 bits per heavy atom. The minimum Gasteiger partial charge on any atom is -0.310 e. The summed E-state index contributed by atoms with van der Waals surface area (Å²) in [6, 6.07) is 8.10. The Morgan fingerprint density at radius 1 is 1.10 bits per heavy atom. The van der Waals surface area contributed by atoms with Gasteiger partial charge in [-0.25, -0.2) is 8.78 Å². The van der Waals surface area contributed by atoms with Gasteiger partial charge >= 0.3 is 0 Å². The quantitative estimate of drug-likeness (QED) is 0.832. The van der Waals surface area contributed by atoms with E-state index in [9.17, 15) is 8.78 Å². The molecule has 1 heterocycles. The molecule has 0 amide bonds. The second-order valence-electron chi connectivity index (χ2n) is 5.07. The summed E-state index contributed by atoms with van der Waals surface area (Å²) >= 11 is 0. The van der Waals surface area contributed by atoms with Crippen molar-refractivity contribution < 1.29 is 8.78 Å². The van der Waals surface area contributed by atoms with Crippen LogP contribution >= 0.6 is 0 Å². The Bertz CT molecular complexity index is 558. The first-order valence-corrected chi connectivity index (χ1v) is 7.28. The molecule has 1 atom stereocenters. The van der Waals surface area contributed by atoms with E-state index in [4.69, 9.17) is 0 Å². The van der Waals surface area contributed by atoms with Crippen LogP contribution in [-0.4, -0.2) is 11.5 Å². The highest BCUT2D eigenvalue weighted by Crippen LogP contribution is 2.21. The van der Waals surface area contributed by atoms with Crippen LogP contribution in [0, 0.1) is 11.6 Å². The number of nitrogens with one attached hydrogen (secondary N) is 1. The summed E-state index contributed by atoms with van der Waals surface area (Å²) in [7, 11) is 0. The van der Waals surface area contributed by atoms with Crippen LogP contribution in [0.4, 0.5) is 8.78 Å². The van der Waals surface area contributed by atoms with Gasteiger partial charge in [-0.1, -0.05) is 13.0 Å². The second kappa shape index (κ2) is 7.84. The maximum absolute atomic E-state index is 13.4. The zero-order chi connectivity index (χ0) is 15.1. The van der Waals surface area contributed by atoms with Crippen molar-refractivity contribution >= 4 is 0 Å². The van der Waals surface area contributed by atoms with Gasteiger partial charge < -0.3 is 5.32 Å². The molecular weight excluding hydrogens is 270 g/mol. The zero-order valence-electron chi connectivity index (χ0n) is 12.2. The van der Waals surface area contributed by atoms with Gasteiger partial charge in [0.25, 0.3) is 0 Å². The standard InChI is InChI=1S/C17H20F2N2/c1-2-9-21-17(6-3-13-7-10-20-11-8-13)14-4-5-15(18)16(19)12-14/h4-5,7-8,10-12,17,21H,2-3,6,9H2,1H3. The number of hydrogen-bond donors (Lipinski definition) is 1. The number of hydrogen-bond acceptors (Lipinski definition) is 2. The number of aryl methyl sites for hydroxylation is 1. The molecule has 112 valence electrons. The lowest BCUT2D eigenvalue weighted by molar-refractivity contribution is 0.480. The first-order chi connectivity index (χ1) is 10.2. The third kappa shape index (κ3) is 4.60. The van der Waals surface area contributed by atoms with Gasteiger partial charge in [0, 0.05) is 18.4 Å². The largest absolute Gasteiger partial charge is 0.310 e. The fourth-order valence-electron chi connectivity index (χ4n) is 2.29. The van der Waals surface area contributed by atoms with E-state index in [0.717, 1.165) is 31.4 Å². The number of halogens is 2. The fraction of sp³-hybridized carbons (Fsp3) is 0.353. The smallest absolute Gasteiger partial charge is 0.159 e. The van der Waals surface area contributed by atoms with Crippen LogP contribution in [0.5, 0.6) is 0 Å². The molecule has 0 aliphatic rings. The molecule has 1 aromatic carbocycles. The molecule has 4 heteroatoms. The molecule has 1 aromatic heterocycles. The number of nitrogens with zero attached hydrogens (tertiary/aromatic N) is 1. The predicted octanol–water partition coefficient (Wildman–Crippen LogP) is 4.03. The lowest BCUT2D eigenvalue weighted by Gasteiger charge is -2.19. The van der Waals surface area contributed by atoms with Crippen LogP contribution in [0.25, 0.3) is 0 Å². The van der Waals surface area contributed by atoms with Gasteiger partial charge in [-0.2, -0.15) is 0 Å². The predicted molar refractivity (Wildman–Crippen MR) is 80.0 cm³/mol. The molecule has 0 spiro atoms. The normalized spacial score (nSPS) is 12.3. The highest BCUT2D eigenvalue weighted by atomic mass is 19.2. The van der Waals surface area contributed by atoms with Crippen molar-refractivity contribution in [1.29, 1.82) is 0 Å². The Morgan fingerprint density at radius 3 is 2.52 bits per heavy atom. The van der Waals surface area contributed by atoms with E-state index in [1.807, 2.05) is 12.1 Å². The fourth-order valence-corrected chi connectivity index (χ4v) is 2.29. The summed E-state index contributed by atoms with van der Waals surface area (Å²) < 4.78 is 26.5. The lowest BCUT2D eigenvalue weighted by Crippen LogP contribution is -2.23. The third-order valence-corrected chi connectivity index (χ3v) is 3.46. The Labute approximate surface area is 124 Å². The summed E-state index contributed by atoms with van der Waals surface area (Å²) in [5, 5.41) is 3.40. The number of aromatic nitrogens is 1. The van der Waals surface area contributed by atoms with Crippen molar-refractivity contribution in [1.82, 2.24) is 10.3 Å². The summed E-state index contributed by atoms with van der Waals surface area (Å²) in [4.78, 5) is 3.99. The summed E-state index contributed by atoms with van der Waals surface area (Å²) in [6.07, 6.45) is 6.22. The molecule has 0 saturated carbocycles. The highest BCUT2D eigenvalue weighted by molar-refractivity contribution is 5.22. The van der Waals surface area contributed by atoms with Crippen LogP contribution in [0.15, 0.2) is 42.7 Å². The molecule has 0 fully saturated rings. The summed E-state index contributed by atoms with van der Waals surface area (Å²) in [5.41, 5.74) is 1.98. The van der Waals surface area contributed by atoms with Crippen LogP contribution in [0.1, 0.15) is 36.9 Å². The molecule has 2 aromatic rings. The van der Waals surface area contributed by atoms with Crippen LogP contribution in [-0.2, 0) is 6.42 Å². The van der Waals surface area contributed by atoms with E-state index < -0.39 is 11.6 Å². The van der Waals surface area contributed by atoms with E-state index in [1.165, 1.54) is 17.7 Å². The van der Waals surface area contributed by atoms with Crippen molar-refractivity contribution in [3.05, 3.63) is 65.5 Å². The van der Waals surface area contributed by atoms with Crippen molar-refractivity contribution in [2.24, 2.45) is 0 Å². The van der Waals surface area contributed by atoms with E-state index in [1.54, 1.807) is 18.5 Å². The maximum Gasteiger partial charge on any atom is 0.159 e. The molecule has 1 unspecified atom stereocenters. The molecule has 0 aliphatic heterocycles. The molecule has 2 rings (SSSR count). The van der Waals surface area contributed by atoms with Crippen molar-refractivity contribution in [3.63, 3.8) is 0 Å². The van der Waals surface area contributed by atoms with Gasteiger partial charge in [0.15, 0.2) is 11.6 Å². The highest BCUT2D eigenvalue weighted by Gasteiger charge is 2.13. The van der Waals surface area contributed by atoms with E-state index in [2.05, 4.69) is 17.2 Å². The Balaban J connectivity index is 2.08. The van der Waals surface area contributed by atoms with Gasteiger partial charge in [-0.05, 0) is 61.2 Å². The van der Waals surface area contributed by atoms with E-state index in [0.29, 0.717) is 0 Å². The minimum absolute atomic E-state index is 0.0215. The van der Waals surface area contributed by atoms with Gasteiger partial charge in [-0.15, -0.1) is 0 Å². The van der Waals surface area contributed by atoms with Gasteiger partial charge in [0.05, 0.1) is 0 Å². The molecule has 0 aliphatic carbocycles. The van der Waals surface area contributed by atoms with Gasteiger partial charge in [0.1, 0.15) is 0 Å². The summed E-state index contributed by atoms with van der Waals surface area (Å²) in [5.74, 6) is -1.60. The van der Waals surface area contributed by atoms with Gasteiger partial charge in [-0.3, -0.25) is 4.98 Å². The number of pyridine rings is 1. The van der Waals surface area contributed by atoms with Crippen LogP contribution < -0.4 is 5.32 Å². The van der Waals surface area contributed by atoms with Crippen molar-refractivity contribution in [2.45, 2.75) is 32.2 Å². The average Bonchev–Trinajstić information content (AvgIpc) is 2.51. The van der Waals surface area contributed by atoms with E-state index >= 15 is 0 Å². The molecule has 0 radical (unpaired) electrons. The maximum atomic E-state index is 13.4. The summed E-state index contributed by atoms with van der Waals surface area (Å²) in [6.45, 7) is 2.93. The second-order valence-corrected chi connectivity index (χ2v) is 5.07. The lowest BCUT2D eigenvalue weighted by atomic mass is 9.99. The van der Waals surface area contributed by atoms with E-state index in [-0.39, 0.29) is 6.04 Å². The first kappa shape index (κ1) is 15.6. The van der Waals surface area contributed by atoms with Crippen LogP contribution in [0.3, 0.4) is 0 Å². The van der Waals surface area contributed by atoms with Crippen molar-refractivity contribution in [3.8, 4) is 0 Å². The minimum atomic E-state index is -0.804. The van der Waals surface area contributed by atoms with Crippen molar-refractivity contribution in [2.75, 3.05) is 6.54 Å². The molecular formula is C17H20F2N2. The number of rotatable bonds is 7. The molecule has 0 saturated heterocycles. The van der Waals surface area contributed by atoms with Crippen LogP contribution in [0.2, 0.25) is 0 Å². The zero-order valence-corrected chi connectivity index (χ0v) is 12.2. The Kier molecular flexibility index (Phi) is 5.81. The third-order valence-electron chi connectivity index (χ3n) is 3.46. The first-order valence-electron chi connectivity index (χ1n) is 7.28. The molecule has 2 nitrogen and oxygen atoms in total. The monoisotopic (exact) mass is 290 g/mol. The average molecular weight is 290 g/mol. The molecule has 21 heavy (non-hydrogen) atoms. The number of benzene rings is 1.